The molecular formula is C39H62O13. The second-order valence-electron chi connectivity index (χ2n) is 17.6. The van der Waals surface area contributed by atoms with Gasteiger partial charge in [-0.2, -0.15) is 0 Å². The second kappa shape index (κ2) is 14.4. The molecule has 0 unspecified atom stereocenters. The van der Waals surface area contributed by atoms with Crippen LogP contribution in [0.15, 0.2) is 11.6 Å². The van der Waals surface area contributed by atoms with Gasteiger partial charge in [-0.05, 0) is 81.5 Å². The number of carbonyl (C=O) groups is 2. The van der Waals surface area contributed by atoms with Gasteiger partial charge in [0, 0.05) is 31.1 Å². The lowest BCUT2D eigenvalue weighted by atomic mass is 9.47. The van der Waals surface area contributed by atoms with Gasteiger partial charge in [-0.25, -0.2) is 0 Å². The lowest BCUT2D eigenvalue weighted by Gasteiger charge is -2.59. The minimum Gasteiger partial charge on any atom is -0.463 e. The first-order valence-corrected chi connectivity index (χ1v) is 19.4. The summed E-state index contributed by atoms with van der Waals surface area (Å²) in [6, 6.07) is 0. The number of allylic oxidation sites excluding steroid dienone is 2. The van der Waals surface area contributed by atoms with Crippen molar-refractivity contribution in [1.29, 1.82) is 0 Å². The molecule has 2 heterocycles. The summed E-state index contributed by atoms with van der Waals surface area (Å²) in [6.45, 7) is 12.4. The molecule has 0 spiro atoms. The Morgan fingerprint density at radius 2 is 1.62 bits per heavy atom. The van der Waals surface area contributed by atoms with E-state index in [0.29, 0.717) is 32.1 Å². The molecule has 0 aromatic carbocycles. The Balaban J connectivity index is 1.17. The highest BCUT2D eigenvalue weighted by molar-refractivity contribution is 5.66. The molecule has 6 rings (SSSR count). The molecule has 296 valence electrons. The molecule has 0 bridgehead atoms. The first-order valence-electron chi connectivity index (χ1n) is 19.4. The SMILES string of the molecule is CC[C@H]1[C@H](O)[C@H]([C@@H](C)[C@@]2(O)[C@@H](O)C[C@H]3C4=CC[C@H]5C[C@@H](O[C@@H]6O[C@H](COC(C)=O)[C@@H](O)[C@H](O)[C@H]6O)CC[C@]5(C)[C@H]4CC[C@@]32C)O[C@]1(C)COC(C)=O. The Kier molecular flexibility index (Phi) is 11.1. The first kappa shape index (κ1) is 40.0. The number of rotatable bonds is 9. The monoisotopic (exact) mass is 738 g/mol. The van der Waals surface area contributed by atoms with E-state index < -0.39 is 83.5 Å². The standard InChI is InChI=1S/C39H62O13/c1-8-25-30(43)34(52-38(25,7)18-49-21(4)41)19(2)39(47)29(42)16-27-24-10-9-22-15-23(11-13-36(22,5)26(24)12-14-37(27,39)6)50-35-33(46)32(45)31(44)28(51-35)17-48-20(3)40/h10,19,22-23,25-35,42-47H,8-9,11-18H2,1-7H3/t19-,22+,23+,25+,26+,27+,28-,29+,30+,31-,32+,33-,34+,35-,36+,37+,38-,39-/m1/s1. The summed E-state index contributed by atoms with van der Waals surface area (Å²) >= 11 is 0. The predicted molar refractivity (Wildman–Crippen MR) is 185 cm³/mol. The Labute approximate surface area is 307 Å². The van der Waals surface area contributed by atoms with Gasteiger partial charge in [-0.15, -0.1) is 0 Å². The molecule has 13 heteroatoms. The predicted octanol–water partition coefficient (Wildman–Crippen LogP) is 2.15. The van der Waals surface area contributed by atoms with Crippen molar-refractivity contribution in [3.63, 3.8) is 0 Å². The van der Waals surface area contributed by atoms with Gasteiger partial charge in [0.1, 0.15) is 48.8 Å². The summed E-state index contributed by atoms with van der Waals surface area (Å²) < 4.78 is 29.0. The van der Waals surface area contributed by atoms with Crippen molar-refractivity contribution in [2.75, 3.05) is 13.2 Å². The van der Waals surface area contributed by atoms with Gasteiger partial charge in [0.05, 0.1) is 24.4 Å². The smallest absolute Gasteiger partial charge is 0.302 e. The molecule has 6 aliphatic rings. The number of fused-ring (bicyclic) bond motifs is 5. The number of ether oxygens (including phenoxy) is 5. The van der Waals surface area contributed by atoms with Crippen LogP contribution in [0.25, 0.3) is 0 Å². The van der Waals surface area contributed by atoms with E-state index in [-0.39, 0.29) is 48.4 Å². The Morgan fingerprint density at radius 1 is 0.923 bits per heavy atom. The molecule has 0 aromatic heterocycles. The average molecular weight is 739 g/mol. The highest BCUT2D eigenvalue weighted by Gasteiger charge is 2.70. The molecule has 2 saturated heterocycles. The van der Waals surface area contributed by atoms with Crippen molar-refractivity contribution in [3.8, 4) is 0 Å². The van der Waals surface area contributed by atoms with Gasteiger partial charge in [0.15, 0.2) is 6.29 Å². The van der Waals surface area contributed by atoms with Crippen LogP contribution in [0.4, 0.5) is 0 Å². The molecule has 13 nitrogen and oxygen atoms in total. The zero-order chi connectivity index (χ0) is 38.1. The van der Waals surface area contributed by atoms with Crippen LogP contribution in [0.3, 0.4) is 0 Å². The number of hydrogen-bond acceptors (Lipinski definition) is 13. The maximum absolute atomic E-state index is 12.8. The highest BCUT2D eigenvalue weighted by atomic mass is 16.7. The van der Waals surface area contributed by atoms with E-state index in [2.05, 4.69) is 19.9 Å². The Hall–Kier alpha value is -1.68. The van der Waals surface area contributed by atoms with E-state index in [1.165, 1.54) is 19.4 Å². The summed E-state index contributed by atoms with van der Waals surface area (Å²) in [5, 5.41) is 67.8. The van der Waals surface area contributed by atoms with E-state index >= 15 is 0 Å². The number of hydrogen-bond donors (Lipinski definition) is 6. The van der Waals surface area contributed by atoms with Gasteiger partial charge in [-0.1, -0.05) is 39.3 Å². The molecular weight excluding hydrogens is 676 g/mol. The molecule has 18 atom stereocenters. The number of carbonyl (C=O) groups excluding carboxylic acids is 2. The van der Waals surface area contributed by atoms with Crippen LogP contribution in [-0.2, 0) is 33.3 Å². The van der Waals surface area contributed by atoms with Crippen LogP contribution in [0.5, 0.6) is 0 Å². The second-order valence-corrected chi connectivity index (χ2v) is 17.6. The summed E-state index contributed by atoms with van der Waals surface area (Å²) in [4.78, 5) is 23.0. The summed E-state index contributed by atoms with van der Waals surface area (Å²) in [5.41, 5.74) is -1.89. The van der Waals surface area contributed by atoms with E-state index in [1.807, 2.05) is 20.8 Å². The molecule has 0 aromatic rings. The number of aliphatic hydroxyl groups is 6. The molecule has 3 saturated carbocycles. The Bertz CT molecular complexity index is 1370. The van der Waals surface area contributed by atoms with Crippen LogP contribution in [0, 0.1) is 40.4 Å². The largest absolute Gasteiger partial charge is 0.463 e. The van der Waals surface area contributed by atoms with Crippen LogP contribution in [0.2, 0.25) is 0 Å². The minimum absolute atomic E-state index is 0.00184. The Morgan fingerprint density at radius 3 is 2.27 bits per heavy atom. The normalized spacial score (nSPS) is 50.7. The quantitative estimate of drug-likeness (QED) is 0.149. The van der Waals surface area contributed by atoms with Gasteiger partial charge in [-0.3, -0.25) is 9.59 Å². The van der Waals surface area contributed by atoms with Crippen molar-refractivity contribution in [2.45, 2.75) is 166 Å². The highest BCUT2D eigenvalue weighted by Crippen LogP contribution is 2.68. The lowest BCUT2D eigenvalue weighted by Crippen LogP contribution is -2.61. The first-order chi connectivity index (χ1) is 24.3. The van der Waals surface area contributed by atoms with Crippen LogP contribution in [-0.4, -0.2) is 122 Å². The maximum Gasteiger partial charge on any atom is 0.302 e. The van der Waals surface area contributed by atoms with Gasteiger partial charge < -0.3 is 54.3 Å². The van der Waals surface area contributed by atoms with Crippen molar-refractivity contribution < 1.29 is 63.9 Å². The molecule has 0 radical (unpaired) electrons. The summed E-state index contributed by atoms with van der Waals surface area (Å²) in [5.74, 6) is -1.43. The van der Waals surface area contributed by atoms with Crippen molar-refractivity contribution >= 4 is 11.9 Å². The third-order valence-corrected chi connectivity index (χ3v) is 14.9. The van der Waals surface area contributed by atoms with Crippen molar-refractivity contribution in [1.82, 2.24) is 0 Å². The van der Waals surface area contributed by atoms with E-state index in [4.69, 9.17) is 23.7 Å². The fraction of sp³-hybridized carbons (Fsp3) is 0.897. The van der Waals surface area contributed by atoms with Crippen LogP contribution >= 0.6 is 0 Å². The lowest BCUT2D eigenvalue weighted by molar-refractivity contribution is -0.316. The maximum atomic E-state index is 12.8. The van der Waals surface area contributed by atoms with E-state index in [9.17, 15) is 40.2 Å². The molecule has 6 N–H and O–H groups in total. The number of aliphatic hydroxyl groups excluding tert-OH is 5. The summed E-state index contributed by atoms with van der Waals surface area (Å²) in [7, 11) is 0. The third kappa shape index (κ3) is 6.37. The molecule has 52 heavy (non-hydrogen) atoms. The van der Waals surface area contributed by atoms with E-state index in [1.54, 1.807) is 0 Å². The molecule has 4 aliphatic carbocycles. The molecule has 5 fully saturated rings. The van der Waals surface area contributed by atoms with Gasteiger partial charge in [0.2, 0.25) is 0 Å². The topological polar surface area (TPSA) is 202 Å². The molecule has 2 aliphatic heterocycles. The van der Waals surface area contributed by atoms with Gasteiger partial charge >= 0.3 is 11.9 Å². The van der Waals surface area contributed by atoms with Crippen molar-refractivity contribution in [2.24, 2.45) is 40.4 Å². The van der Waals surface area contributed by atoms with E-state index in [0.717, 1.165) is 19.3 Å². The zero-order valence-electron chi connectivity index (χ0n) is 31.8. The van der Waals surface area contributed by atoms with Crippen LogP contribution in [0.1, 0.15) is 99.8 Å². The van der Waals surface area contributed by atoms with Gasteiger partial charge in [0.25, 0.3) is 0 Å². The fourth-order valence-electron chi connectivity index (χ4n) is 11.8. The number of esters is 2. The minimum atomic E-state index is -1.53. The average Bonchev–Trinajstić information content (AvgIpc) is 3.48. The molecule has 0 amide bonds. The zero-order valence-corrected chi connectivity index (χ0v) is 31.8. The third-order valence-electron chi connectivity index (χ3n) is 14.9. The van der Waals surface area contributed by atoms with Crippen molar-refractivity contribution in [3.05, 3.63) is 11.6 Å². The fourth-order valence-corrected chi connectivity index (χ4v) is 11.8. The summed E-state index contributed by atoms with van der Waals surface area (Å²) in [6.07, 6.45) is -1.69. The van der Waals surface area contributed by atoms with Crippen LogP contribution < -0.4 is 0 Å².